The summed E-state index contributed by atoms with van der Waals surface area (Å²) < 4.78 is 21.6. The normalized spacial score (nSPS) is 12.0. The van der Waals surface area contributed by atoms with Gasteiger partial charge >= 0.3 is 0 Å². The number of H-pyrrole nitrogens is 1. The highest BCUT2D eigenvalue weighted by atomic mass is 32.1. The zero-order valence-corrected chi connectivity index (χ0v) is 19.7. The molecule has 9 heteroatoms. The molecular weight excluding hydrogens is 442 g/mol. The summed E-state index contributed by atoms with van der Waals surface area (Å²) in [5, 5.41) is 4.68. The summed E-state index contributed by atoms with van der Waals surface area (Å²) in [7, 11) is 3.23. The summed E-state index contributed by atoms with van der Waals surface area (Å²) in [6.45, 7) is 3.87. The van der Waals surface area contributed by atoms with Gasteiger partial charge < -0.3 is 34.1 Å². The first-order valence-corrected chi connectivity index (χ1v) is 11.1. The lowest BCUT2D eigenvalue weighted by molar-refractivity contribution is 0.174. The number of fused-ring (bicyclic) bond motifs is 2. The van der Waals surface area contributed by atoms with Crippen LogP contribution in [-0.2, 0) is 13.0 Å². The Balaban J connectivity index is 1.57. The van der Waals surface area contributed by atoms with Crippen molar-refractivity contribution in [1.82, 2.24) is 15.2 Å². The van der Waals surface area contributed by atoms with Crippen LogP contribution in [0.5, 0.6) is 23.0 Å². The third kappa shape index (κ3) is 4.98. The van der Waals surface area contributed by atoms with Gasteiger partial charge in [0, 0.05) is 30.1 Å². The minimum absolute atomic E-state index is 0.156. The molecule has 2 aromatic carbocycles. The van der Waals surface area contributed by atoms with E-state index < -0.39 is 0 Å². The summed E-state index contributed by atoms with van der Waals surface area (Å²) in [6, 6.07) is 11.4. The number of hydrogen-bond donors (Lipinski definition) is 2. The number of rotatable bonds is 8. The van der Waals surface area contributed by atoms with Gasteiger partial charge in [-0.05, 0) is 55.4 Å². The molecule has 1 aliphatic rings. The van der Waals surface area contributed by atoms with E-state index in [2.05, 4.69) is 10.3 Å². The Kier molecular flexibility index (Phi) is 6.88. The molecule has 0 unspecified atom stereocenters. The first-order valence-electron chi connectivity index (χ1n) is 10.7. The summed E-state index contributed by atoms with van der Waals surface area (Å²) in [5.74, 6) is 2.68. The highest BCUT2D eigenvalue weighted by Crippen LogP contribution is 2.35. The molecule has 0 aliphatic carbocycles. The van der Waals surface area contributed by atoms with E-state index in [1.807, 2.05) is 42.2 Å². The van der Waals surface area contributed by atoms with E-state index >= 15 is 0 Å². The minimum atomic E-state index is -0.156. The lowest BCUT2D eigenvalue weighted by atomic mass is 10.1. The molecule has 0 saturated carbocycles. The number of methoxy groups -OCH3 is 2. The van der Waals surface area contributed by atoms with E-state index in [0.717, 1.165) is 17.4 Å². The molecule has 0 atom stereocenters. The number of thiocarbonyl (C=S) groups is 1. The fourth-order valence-corrected chi connectivity index (χ4v) is 4.08. The molecule has 3 aromatic rings. The van der Waals surface area contributed by atoms with Gasteiger partial charge in [-0.25, -0.2) is 0 Å². The van der Waals surface area contributed by atoms with Crippen molar-refractivity contribution in [3.05, 3.63) is 57.9 Å². The quantitative estimate of drug-likeness (QED) is 0.487. The smallest absolute Gasteiger partial charge is 0.253 e. The maximum Gasteiger partial charge on any atom is 0.253 e. The first-order chi connectivity index (χ1) is 16.0. The average Bonchev–Trinajstić information content (AvgIpc) is 3.27. The molecule has 2 N–H and O–H groups in total. The van der Waals surface area contributed by atoms with Gasteiger partial charge in [-0.2, -0.15) is 0 Å². The number of aromatic amines is 1. The highest BCUT2D eigenvalue weighted by molar-refractivity contribution is 7.80. The van der Waals surface area contributed by atoms with E-state index in [9.17, 15) is 4.79 Å². The molecule has 0 fully saturated rings. The molecule has 4 rings (SSSR count). The number of nitrogens with one attached hydrogen (secondary N) is 2. The van der Waals surface area contributed by atoms with Gasteiger partial charge in [-0.15, -0.1) is 0 Å². The van der Waals surface area contributed by atoms with Gasteiger partial charge in [0.1, 0.15) is 0 Å². The van der Waals surface area contributed by atoms with Gasteiger partial charge in [0.25, 0.3) is 5.56 Å². The summed E-state index contributed by atoms with van der Waals surface area (Å²) >= 11 is 5.60. The molecule has 0 amide bonds. The Morgan fingerprint density at radius 1 is 1.12 bits per heavy atom. The van der Waals surface area contributed by atoms with Crippen LogP contribution < -0.4 is 29.8 Å². The van der Waals surface area contributed by atoms with Crippen molar-refractivity contribution >= 4 is 28.2 Å². The van der Waals surface area contributed by atoms with Gasteiger partial charge in [0.15, 0.2) is 28.1 Å². The molecule has 0 bridgehead atoms. The lowest BCUT2D eigenvalue weighted by Gasteiger charge is -2.26. The largest absolute Gasteiger partial charge is 0.493 e. The third-order valence-electron chi connectivity index (χ3n) is 5.51. The van der Waals surface area contributed by atoms with Gasteiger partial charge in [-0.3, -0.25) is 4.79 Å². The van der Waals surface area contributed by atoms with Crippen molar-refractivity contribution < 1.29 is 18.9 Å². The van der Waals surface area contributed by atoms with Crippen molar-refractivity contribution in [3.8, 4) is 23.0 Å². The molecule has 174 valence electrons. The number of hydrogen-bond acceptors (Lipinski definition) is 6. The van der Waals surface area contributed by atoms with Crippen molar-refractivity contribution in [3.63, 3.8) is 0 Å². The molecule has 0 radical (unpaired) electrons. The van der Waals surface area contributed by atoms with Crippen LogP contribution in [0.15, 0.2) is 41.2 Å². The Hall–Kier alpha value is -3.46. The maximum absolute atomic E-state index is 12.8. The zero-order valence-electron chi connectivity index (χ0n) is 18.9. The van der Waals surface area contributed by atoms with Crippen LogP contribution in [0, 0.1) is 0 Å². The molecular formula is C24H27N3O5S. The molecule has 0 saturated heterocycles. The number of benzene rings is 2. The number of aromatic nitrogens is 1. The minimum Gasteiger partial charge on any atom is -0.493 e. The fourth-order valence-electron chi connectivity index (χ4n) is 3.78. The maximum atomic E-state index is 12.8. The lowest BCUT2D eigenvalue weighted by Crippen LogP contribution is -2.41. The highest BCUT2D eigenvalue weighted by Gasteiger charge is 2.17. The first kappa shape index (κ1) is 22.7. The van der Waals surface area contributed by atoms with Crippen LogP contribution in [0.3, 0.4) is 0 Å². The van der Waals surface area contributed by atoms with E-state index in [-0.39, 0.29) is 12.4 Å². The average molecular weight is 470 g/mol. The topological polar surface area (TPSA) is 85.1 Å². The second-order valence-corrected chi connectivity index (χ2v) is 8.00. The van der Waals surface area contributed by atoms with Crippen molar-refractivity contribution in [1.29, 1.82) is 0 Å². The van der Waals surface area contributed by atoms with Crippen LogP contribution in [0.4, 0.5) is 0 Å². The zero-order chi connectivity index (χ0) is 23.4. The predicted octanol–water partition coefficient (Wildman–Crippen LogP) is 3.21. The molecule has 2 heterocycles. The second kappa shape index (κ2) is 9.99. The van der Waals surface area contributed by atoms with Crippen LogP contribution in [0.25, 0.3) is 10.9 Å². The van der Waals surface area contributed by atoms with Crippen molar-refractivity contribution in [2.24, 2.45) is 0 Å². The molecule has 1 aromatic heterocycles. The SMILES string of the molecule is CCNC(=S)N(CCc1ccc(OC)c(OC)c1)Cc1cc2cc3c(cc2[nH]c1=O)OCO3. The Morgan fingerprint density at radius 2 is 1.88 bits per heavy atom. The van der Waals surface area contributed by atoms with Gasteiger partial charge in [0.2, 0.25) is 6.79 Å². The molecule has 1 aliphatic heterocycles. The number of nitrogens with zero attached hydrogens (tertiary/aromatic N) is 1. The fraction of sp³-hybridized carbons (Fsp3) is 0.333. The van der Waals surface area contributed by atoms with E-state index in [0.29, 0.717) is 58.8 Å². The molecule has 0 spiro atoms. The predicted molar refractivity (Wildman–Crippen MR) is 131 cm³/mol. The second-order valence-electron chi connectivity index (χ2n) is 7.61. The van der Waals surface area contributed by atoms with Crippen LogP contribution in [0.1, 0.15) is 18.1 Å². The Morgan fingerprint density at radius 3 is 2.61 bits per heavy atom. The van der Waals surface area contributed by atoms with Crippen molar-refractivity contribution in [2.45, 2.75) is 19.9 Å². The van der Waals surface area contributed by atoms with Crippen LogP contribution >= 0.6 is 12.2 Å². The van der Waals surface area contributed by atoms with Crippen LogP contribution in [-0.4, -0.2) is 49.1 Å². The van der Waals surface area contributed by atoms with Gasteiger partial charge in [-0.1, -0.05) is 6.07 Å². The summed E-state index contributed by atoms with van der Waals surface area (Å²) in [4.78, 5) is 17.8. The Bertz CT molecular complexity index is 1230. The molecule has 33 heavy (non-hydrogen) atoms. The van der Waals surface area contributed by atoms with Crippen LogP contribution in [0.2, 0.25) is 0 Å². The summed E-state index contributed by atoms with van der Waals surface area (Å²) in [6.07, 6.45) is 0.718. The standard InChI is InChI=1S/C24H27N3O5S/c1-4-25-24(33)27(8-7-15-5-6-19(29-2)20(9-15)30-3)13-17-10-16-11-21-22(32-14-31-21)12-18(16)26-23(17)28/h5-6,9-12H,4,7-8,13-14H2,1-3H3,(H,25,33)(H,26,28). The van der Waals surface area contributed by atoms with E-state index in [1.165, 1.54) is 0 Å². The summed E-state index contributed by atoms with van der Waals surface area (Å²) in [5.41, 5.74) is 2.25. The molecule has 8 nitrogen and oxygen atoms in total. The number of pyridine rings is 1. The van der Waals surface area contributed by atoms with Gasteiger partial charge in [0.05, 0.1) is 26.3 Å². The monoisotopic (exact) mass is 469 g/mol. The van der Waals surface area contributed by atoms with Crippen molar-refractivity contribution in [2.75, 3.05) is 34.1 Å². The third-order valence-corrected chi connectivity index (χ3v) is 5.91. The Labute approximate surface area is 197 Å². The number of ether oxygens (including phenoxy) is 4. The van der Waals surface area contributed by atoms with E-state index in [1.54, 1.807) is 20.3 Å². The van der Waals surface area contributed by atoms with E-state index in [4.69, 9.17) is 31.2 Å².